The summed E-state index contributed by atoms with van der Waals surface area (Å²) in [6, 6.07) is 0. The zero-order chi connectivity index (χ0) is 8.85. The van der Waals surface area contributed by atoms with Gasteiger partial charge in [-0.05, 0) is 24.8 Å². The molecule has 0 saturated carbocycles. The normalized spacial score (nSPS) is 10.5. The monoisotopic (exact) mass is 169 g/mol. The molecule has 0 rings (SSSR count). The van der Waals surface area contributed by atoms with Crippen LogP contribution < -0.4 is 0 Å². The summed E-state index contributed by atoms with van der Waals surface area (Å²) < 4.78 is 12.8. The summed E-state index contributed by atoms with van der Waals surface area (Å²) in [6.45, 7) is 8.51. The molecule has 0 fully saturated rings. The van der Waals surface area contributed by atoms with Crippen LogP contribution in [0.1, 0.15) is 6.92 Å². The minimum absolute atomic E-state index is 0.121. The first-order chi connectivity index (χ1) is 5.07. The van der Waals surface area contributed by atoms with Crippen LogP contribution in [0.25, 0.3) is 0 Å². The maximum absolute atomic E-state index is 12.8. The van der Waals surface area contributed by atoms with Gasteiger partial charge in [-0.25, -0.2) is 4.39 Å². The van der Waals surface area contributed by atoms with Crippen LogP contribution in [0.3, 0.4) is 0 Å². The van der Waals surface area contributed by atoms with E-state index < -0.39 is 5.83 Å². The molecule has 0 N–H and O–H groups in total. The maximum Gasteiger partial charge on any atom is 0.138 e. The molecule has 0 aliphatic carbocycles. The maximum atomic E-state index is 12.8. The first kappa shape index (κ1) is 9.99. The number of hydrogen-bond donors (Lipinski definition) is 0. The molecule has 0 unspecified atom stereocenters. The van der Waals surface area contributed by atoms with Gasteiger partial charge in [-0.15, -0.1) is 0 Å². The van der Waals surface area contributed by atoms with Crippen LogP contribution in [-0.4, -0.2) is 0 Å². The molecule has 0 aliphatic heterocycles. The van der Waals surface area contributed by atoms with E-state index in [-0.39, 0.29) is 4.91 Å². The number of allylic oxidation sites excluding steroid dienone is 3. The number of nitriles is 1. The molecule has 0 spiro atoms. The van der Waals surface area contributed by atoms with E-state index in [1.165, 1.54) is 6.08 Å². The highest BCUT2D eigenvalue weighted by Crippen LogP contribution is 2.22. The van der Waals surface area contributed by atoms with Crippen molar-refractivity contribution in [2.45, 2.75) is 6.92 Å². The molecule has 0 aromatic carbocycles. The summed E-state index contributed by atoms with van der Waals surface area (Å²) in [7, 11) is 0. The Bertz CT molecular complexity index is 247. The largest absolute Gasteiger partial charge is 0.206 e. The zero-order valence-corrected chi connectivity index (χ0v) is 7.04. The van der Waals surface area contributed by atoms with Gasteiger partial charge in [0.2, 0.25) is 0 Å². The highest BCUT2D eigenvalue weighted by Gasteiger charge is 2.00. The van der Waals surface area contributed by atoms with Gasteiger partial charge >= 0.3 is 0 Å². The van der Waals surface area contributed by atoms with Crippen molar-refractivity contribution >= 4 is 11.8 Å². The van der Waals surface area contributed by atoms with Gasteiger partial charge in [0, 0.05) is 0 Å². The highest BCUT2D eigenvalue weighted by atomic mass is 32.2. The Hall–Kier alpha value is -1.01. The predicted molar refractivity (Wildman–Crippen MR) is 46.3 cm³/mol. The number of nitrogens with zero attached hydrogens (tertiary/aromatic N) is 1. The van der Waals surface area contributed by atoms with E-state index >= 15 is 0 Å². The van der Waals surface area contributed by atoms with E-state index in [1.807, 2.05) is 0 Å². The topological polar surface area (TPSA) is 23.8 Å². The van der Waals surface area contributed by atoms with E-state index in [0.29, 0.717) is 17.3 Å². The molecule has 0 saturated heterocycles. The Morgan fingerprint density at radius 3 is 2.55 bits per heavy atom. The third kappa shape index (κ3) is 4.40. The predicted octanol–water partition coefficient (Wildman–Crippen LogP) is 3.14. The lowest BCUT2D eigenvalue weighted by molar-refractivity contribution is 0.663. The van der Waals surface area contributed by atoms with Gasteiger partial charge in [-0.2, -0.15) is 5.26 Å². The van der Waals surface area contributed by atoms with Gasteiger partial charge in [0.05, 0.1) is 4.91 Å². The molecule has 0 heterocycles. The third-order valence-corrected chi connectivity index (χ3v) is 1.34. The van der Waals surface area contributed by atoms with Crippen LogP contribution in [0.5, 0.6) is 0 Å². The summed E-state index contributed by atoms with van der Waals surface area (Å²) in [5, 5.41) is 9.88. The first-order valence-corrected chi connectivity index (χ1v) is 3.67. The van der Waals surface area contributed by atoms with Crippen LogP contribution in [0, 0.1) is 10.7 Å². The van der Waals surface area contributed by atoms with Crippen molar-refractivity contribution in [3.05, 3.63) is 35.5 Å². The van der Waals surface area contributed by atoms with Crippen molar-refractivity contribution in [2.75, 3.05) is 0 Å². The number of rotatable bonds is 3. The Morgan fingerprint density at radius 1 is 1.64 bits per heavy atom. The van der Waals surface area contributed by atoms with E-state index in [0.717, 1.165) is 0 Å². The Balaban J connectivity index is 4.26. The van der Waals surface area contributed by atoms with Crippen LogP contribution >= 0.6 is 11.8 Å². The van der Waals surface area contributed by atoms with Gasteiger partial charge < -0.3 is 0 Å². The molecule has 11 heavy (non-hydrogen) atoms. The molecule has 0 bridgehead atoms. The summed E-state index contributed by atoms with van der Waals surface area (Å²) in [5.41, 5.74) is 0.599. The molecular formula is C8H8FNS. The summed E-state index contributed by atoms with van der Waals surface area (Å²) in [4.78, 5) is 0.121. The Morgan fingerprint density at radius 2 is 2.18 bits per heavy atom. The standard InChI is InChI=1S/C8H8FNS/c1-6(2)4-8(9)7(3)11-5-10/h4H,1,3H2,2H3/b8-4+. The lowest BCUT2D eigenvalue weighted by Gasteiger charge is -1.94. The molecule has 0 radical (unpaired) electrons. The summed E-state index contributed by atoms with van der Waals surface area (Å²) >= 11 is 0.708. The van der Waals surface area contributed by atoms with Crippen molar-refractivity contribution in [1.82, 2.24) is 0 Å². The van der Waals surface area contributed by atoms with E-state index in [9.17, 15) is 4.39 Å². The number of halogens is 1. The van der Waals surface area contributed by atoms with Crippen LogP contribution in [0.2, 0.25) is 0 Å². The molecule has 0 atom stereocenters. The second kappa shape index (κ2) is 4.75. The molecule has 1 nitrogen and oxygen atoms in total. The number of thioether (sulfide) groups is 1. The summed E-state index contributed by atoms with van der Waals surface area (Å²) in [5.74, 6) is -0.496. The van der Waals surface area contributed by atoms with Crippen LogP contribution in [-0.2, 0) is 0 Å². The van der Waals surface area contributed by atoms with Crippen molar-refractivity contribution in [3.63, 3.8) is 0 Å². The number of hydrogen-bond acceptors (Lipinski definition) is 2. The van der Waals surface area contributed by atoms with Gasteiger partial charge in [-0.3, -0.25) is 0 Å². The third-order valence-electron chi connectivity index (χ3n) is 0.808. The lowest BCUT2D eigenvalue weighted by atomic mass is 10.3. The minimum atomic E-state index is -0.496. The lowest BCUT2D eigenvalue weighted by Crippen LogP contribution is -1.74. The fourth-order valence-electron chi connectivity index (χ4n) is 0.401. The summed E-state index contributed by atoms with van der Waals surface area (Å²) in [6.07, 6.45) is 1.24. The molecule has 58 valence electrons. The molecule has 0 aliphatic rings. The van der Waals surface area contributed by atoms with Crippen LogP contribution in [0.4, 0.5) is 4.39 Å². The average molecular weight is 169 g/mol. The van der Waals surface area contributed by atoms with Crippen LogP contribution in [0.15, 0.2) is 35.5 Å². The van der Waals surface area contributed by atoms with Crippen molar-refractivity contribution in [2.24, 2.45) is 0 Å². The van der Waals surface area contributed by atoms with E-state index in [4.69, 9.17) is 5.26 Å². The smallest absolute Gasteiger partial charge is 0.138 e. The second-order valence-electron chi connectivity index (χ2n) is 1.96. The van der Waals surface area contributed by atoms with E-state index in [2.05, 4.69) is 13.2 Å². The van der Waals surface area contributed by atoms with Gasteiger partial charge in [-0.1, -0.05) is 18.7 Å². The first-order valence-electron chi connectivity index (χ1n) is 2.86. The second-order valence-corrected chi connectivity index (χ2v) is 2.83. The molecular weight excluding hydrogens is 161 g/mol. The number of thiocyanates is 1. The minimum Gasteiger partial charge on any atom is -0.206 e. The van der Waals surface area contributed by atoms with Crippen molar-refractivity contribution < 1.29 is 4.39 Å². The van der Waals surface area contributed by atoms with Crippen molar-refractivity contribution in [3.8, 4) is 5.40 Å². The fraction of sp³-hybridized carbons (Fsp3) is 0.125. The fourth-order valence-corrected chi connectivity index (χ4v) is 0.667. The zero-order valence-electron chi connectivity index (χ0n) is 6.22. The molecule has 0 aromatic rings. The quantitative estimate of drug-likeness (QED) is 0.478. The van der Waals surface area contributed by atoms with E-state index in [1.54, 1.807) is 12.3 Å². The molecule has 0 aromatic heterocycles. The Labute approximate surface area is 69.9 Å². The Kier molecular flexibility index (Phi) is 4.32. The highest BCUT2D eigenvalue weighted by molar-refractivity contribution is 8.07. The molecule has 3 heteroatoms. The van der Waals surface area contributed by atoms with Crippen molar-refractivity contribution in [1.29, 1.82) is 5.26 Å². The molecule has 0 amide bonds. The van der Waals surface area contributed by atoms with Gasteiger partial charge in [0.1, 0.15) is 11.2 Å². The SMILES string of the molecule is C=C(C)/C=C(/F)C(=C)SC#N. The average Bonchev–Trinajstić information content (AvgIpc) is 1.86. The van der Waals surface area contributed by atoms with Gasteiger partial charge in [0.25, 0.3) is 0 Å². The van der Waals surface area contributed by atoms with Gasteiger partial charge in [0.15, 0.2) is 0 Å².